The Morgan fingerprint density at radius 1 is 0.333 bits per heavy atom. The third-order valence-electron chi connectivity index (χ3n) is 11.8. The van der Waals surface area contributed by atoms with Crippen molar-refractivity contribution in [2.45, 2.75) is 13.8 Å². The largest absolute Gasteiger partial charge is 0.507 e. The monoisotopic (exact) mass is 772 g/mol. The van der Waals surface area contributed by atoms with Crippen LogP contribution in [0.15, 0.2) is 6.07 Å². The molecule has 0 amide bonds. The van der Waals surface area contributed by atoms with Crippen LogP contribution in [0.1, 0.15) is 11.1 Å². The highest BCUT2D eigenvalue weighted by Crippen LogP contribution is 2.62. The van der Waals surface area contributed by atoms with Gasteiger partial charge in [-0.3, -0.25) is 0 Å². The summed E-state index contributed by atoms with van der Waals surface area (Å²) >= 11 is 0. The number of benzene rings is 6. The fourth-order valence-electron chi connectivity index (χ4n) is 9.28. The van der Waals surface area contributed by atoms with Crippen LogP contribution in [0.2, 0.25) is 0 Å². The van der Waals surface area contributed by atoms with Crippen LogP contribution in [0.3, 0.4) is 0 Å². The first kappa shape index (κ1) is 33.6. The minimum atomic E-state index is -1.12. The van der Waals surface area contributed by atoms with E-state index in [-0.39, 0.29) is 104 Å². The standard InChI is InChI=1S/C38H26B2N2O15/c1-4-19-13(15-22-16(33(52)36(55)32(15)51)14-20(41(19)22)5(2)26(45)35(54)31(14)50)29(48)17(25(4)44)10-18(40)9-12-24(34(53)38(57)37(56)30(12)49)42-21(9)11(28(10)47)8-7(43)3-6(39)27(46)23(8)42/h3,43-57H,39-40H2,1-2H3. The molecule has 284 valence electrons. The molecule has 0 aliphatic rings. The van der Waals surface area contributed by atoms with E-state index in [4.69, 9.17) is 0 Å². The molecule has 0 spiro atoms. The van der Waals surface area contributed by atoms with Gasteiger partial charge in [0.1, 0.15) is 50.0 Å². The van der Waals surface area contributed by atoms with Gasteiger partial charge in [0.2, 0.25) is 23.0 Å². The van der Waals surface area contributed by atoms with E-state index in [1.165, 1.54) is 44.4 Å². The molecular weight excluding hydrogens is 746 g/mol. The predicted octanol–water partition coefficient (Wildman–Crippen LogP) is 2.37. The van der Waals surface area contributed by atoms with E-state index in [2.05, 4.69) is 0 Å². The summed E-state index contributed by atoms with van der Waals surface area (Å²) in [4.78, 5) is 0. The molecule has 6 aromatic carbocycles. The lowest BCUT2D eigenvalue weighted by atomic mass is 9.80. The van der Waals surface area contributed by atoms with Crippen molar-refractivity contribution in [1.82, 2.24) is 8.80 Å². The van der Waals surface area contributed by atoms with Gasteiger partial charge in [-0.1, -0.05) is 5.46 Å². The first-order chi connectivity index (χ1) is 26.8. The number of aryl methyl sites for hydroxylation is 2. The maximum atomic E-state index is 12.4. The van der Waals surface area contributed by atoms with E-state index in [0.29, 0.717) is 0 Å². The van der Waals surface area contributed by atoms with Crippen LogP contribution in [0.5, 0.6) is 86.2 Å². The second kappa shape index (κ2) is 9.82. The zero-order valence-corrected chi connectivity index (χ0v) is 29.7. The molecule has 57 heavy (non-hydrogen) atoms. The van der Waals surface area contributed by atoms with Crippen molar-refractivity contribution in [1.29, 1.82) is 0 Å². The molecule has 4 aromatic heterocycles. The Morgan fingerprint density at radius 2 is 0.702 bits per heavy atom. The molecule has 17 nitrogen and oxygen atoms in total. The van der Waals surface area contributed by atoms with Gasteiger partial charge >= 0.3 is 0 Å². The average Bonchev–Trinajstić information content (AvgIpc) is 3.91. The van der Waals surface area contributed by atoms with Gasteiger partial charge in [0.25, 0.3) is 0 Å². The molecule has 0 radical (unpaired) electrons. The topological polar surface area (TPSA) is 312 Å². The Balaban J connectivity index is 1.51. The van der Waals surface area contributed by atoms with Crippen molar-refractivity contribution >= 4 is 103 Å². The normalized spacial score (nSPS) is 12.5. The fraction of sp³-hybridized carbons (Fsp3) is 0.0526. The van der Waals surface area contributed by atoms with E-state index in [0.717, 1.165) is 0 Å². The minimum absolute atomic E-state index is 0.0320. The SMILES string of the molecule is Bc1cc(O)c2c3c(O)c(-c4c(O)c(C)c5c(c4O)c4c(O)c(O)c(O)c6c7c(O)c(O)c(O)c(C)c7n5c64)c(B)c4c5c(O)c(O)c(O)c(O)c5n(c2c1O)c43. The highest BCUT2D eigenvalue weighted by molar-refractivity contribution is 6.50. The number of rotatable bonds is 1. The van der Waals surface area contributed by atoms with Crippen LogP contribution in [0, 0.1) is 13.8 Å². The minimum Gasteiger partial charge on any atom is -0.507 e. The molecule has 10 rings (SSSR count). The summed E-state index contributed by atoms with van der Waals surface area (Å²) in [6.45, 7) is 2.75. The third-order valence-corrected chi connectivity index (χ3v) is 11.8. The number of aromatic nitrogens is 2. The van der Waals surface area contributed by atoms with E-state index >= 15 is 0 Å². The van der Waals surface area contributed by atoms with E-state index in [9.17, 15) is 76.6 Å². The molecule has 0 saturated carbocycles. The molecule has 0 bridgehead atoms. The molecular formula is C38H26B2N2O15. The van der Waals surface area contributed by atoms with Crippen molar-refractivity contribution in [2.75, 3.05) is 0 Å². The molecule has 0 aliphatic heterocycles. The van der Waals surface area contributed by atoms with Gasteiger partial charge in [-0.2, -0.15) is 0 Å². The van der Waals surface area contributed by atoms with Gasteiger partial charge < -0.3 is 85.4 Å². The van der Waals surface area contributed by atoms with Crippen LogP contribution in [0.25, 0.3) is 87.3 Å². The smallest absolute Gasteiger partial charge is 0.206 e. The summed E-state index contributed by atoms with van der Waals surface area (Å²) in [5.74, 6) is -12.9. The van der Waals surface area contributed by atoms with Crippen molar-refractivity contribution in [2.24, 2.45) is 0 Å². The summed E-state index contributed by atoms with van der Waals surface area (Å²) < 4.78 is 2.46. The van der Waals surface area contributed by atoms with Crippen LogP contribution < -0.4 is 10.9 Å². The predicted molar refractivity (Wildman–Crippen MR) is 212 cm³/mol. The molecule has 0 fully saturated rings. The van der Waals surface area contributed by atoms with Crippen LogP contribution in [-0.2, 0) is 0 Å². The number of phenolic OH excluding ortho intramolecular Hbond substituents is 15. The molecule has 0 atom stereocenters. The van der Waals surface area contributed by atoms with Crippen molar-refractivity contribution < 1.29 is 76.6 Å². The fourth-order valence-corrected chi connectivity index (χ4v) is 9.28. The van der Waals surface area contributed by atoms with Crippen molar-refractivity contribution in [3.8, 4) is 97.4 Å². The number of fused-ring (bicyclic) bond motifs is 12. The maximum absolute atomic E-state index is 12.4. The first-order valence-electron chi connectivity index (χ1n) is 17.0. The number of hydrogen-bond donors (Lipinski definition) is 15. The summed E-state index contributed by atoms with van der Waals surface area (Å²) in [7, 11) is 2.86. The Labute approximate surface area is 316 Å². The summed E-state index contributed by atoms with van der Waals surface area (Å²) in [6, 6.07) is 1.20. The Bertz CT molecular complexity index is 3630. The lowest BCUT2D eigenvalue weighted by Gasteiger charge is -2.18. The second-order valence-corrected chi connectivity index (χ2v) is 14.5. The number of phenols is 15. The first-order valence-corrected chi connectivity index (χ1v) is 17.0. The van der Waals surface area contributed by atoms with Crippen molar-refractivity contribution in [3.05, 3.63) is 17.2 Å². The second-order valence-electron chi connectivity index (χ2n) is 14.5. The quantitative estimate of drug-likeness (QED) is 0.0647. The van der Waals surface area contributed by atoms with Gasteiger partial charge in [-0.15, -0.1) is 0 Å². The number of nitrogens with zero attached hydrogens (tertiary/aromatic N) is 2. The molecule has 0 aliphatic carbocycles. The highest BCUT2D eigenvalue weighted by atomic mass is 16.4. The third kappa shape index (κ3) is 3.29. The Morgan fingerprint density at radius 3 is 1.28 bits per heavy atom. The van der Waals surface area contributed by atoms with Gasteiger partial charge in [-0.25, -0.2) is 0 Å². The Kier molecular flexibility index (Phi) is 5.79. The Hall–Kier alpha value is -7.95. The lowest BCUT2D eigenvalue weighted by Crippen LogP contribution is -2.09. The molecule has 0 saturated heterocycles. The summed E-state index contributed by atoms with van der Waals surface area (Å²) in [6.07, 6.45) is 0. The molecule has 4 heterocycles. The van der Waals surface area contributed by atoms with Crippen LogP contribution in [-0.4, -0.2) is 101 Å². The number of aromatic hydroxyl groups is 15. The van der Waals surface area contributed by atoms with Crippen LogP contribution in [0.4, 0.5) is 0 Å². The van der Waals surface area contributed by atoms with E-state index in [1.54, 1.807) is 0 Å². The number of hydrogen-bond acceptors (Lipinski definition) is 15. The molecule has 19 heteroatoms. The lowest BCUT2D eigenvalue weighted by molar-refractivity contribution is 0.350. The van der Waals surface area contributed by atoms with Gasteiger partial charge in [0, 0.05) is 22.1 Å². The van der Waals surface area contributed by atoms with E-state index < -0.39 is 91.8 Å². The van der Waals surface area contributed by atoms with Gasteiger partial charge in [0.15, 0.2) is 34.5 Å². The van der Waals surface area contributed by atoms with E-state index in [1.807, 2.05) is 0 Å². The van der Waals surface area contributed by atoms with Crippen LogP contribution >= 0.6 is 0 Å². The molecule has 0 unspecified atom stereocenters. The van der Waals surface area contributed by atoms with Gasteiger partial charge in [0.05, 0.1) is 70.9 Å². The van der Waals surface area contributed by atoms with Gasteiger partial charge in [-0.05, 0) is 25.4 Å². The average molecular weight is 772 g/mol. The molecule has 10 aromatic rings. The zero-order chi connectivity index (χ0) is 41.1. The zero-order valence-electron chi connectivity index (χ0n) is 29.7. The molecule has 15 N–H and O–H groups in total. The van der Waals surface area contributed by atoms with Crippen molar-refractivity contribution in [3.63, 3.8) is 0 Å². The summed E-state index contributed by atoms with van der Waals surface area (Å²) in [5, 5.41) is 168. The highest BCUT2D eigenvalue weighted by Gasteiger charge is 2.38. The summed E-state index contributed by atoms with van der Waals surface area (Å²) in [5.41, 5.74) is -1.74. The maximum Gasteiger partial charge on any atom is 0.206 e.